The lowest BCUT2D eigenvalue weighted by atomic mass is 9.84. The Kier molecular flexibility index (Phi) is 4.43. The molecule has 2 nitrogen and oxygen atoms in total. The second kappa shape index (κ2) is 6.06. The van der Waals surface area contributed by atoms with E-state index in [2.05, 4.69) is 12.1 Å². The van der Waals surface area contributed by atoms with Gasteiger partial charge in [-0.1, -0.05) is 43.5 Å². The van der Waals surface area contributed by atoms with Gasteiger partial charge in [-0.2, -0.15) is 0 Å². The maximum atomic E-state index is 10.5. The molecule has 0 amide bonds. The van der Waals surface area contributed by atoms with Crippen LogP contribution < -0.4 is 0 Å². The van der Waals surface area contributed by atoms with Crippen molar-refractivity contribution >= 4 is 17.0 Å². The zero-order chi connectivity index (χ0) is 12.1. The van der Waals surface area contributed by atoms with E-state index in [-0.39, 0.29) is 6.61 Å². The predicted molar refractivity (Wildman–Crippen MR) is 68.3 cm³/mol. The molecule has 2 rings (SSSR count). The molecule has 0 bridgehead atoms. The van der Waals surface area contributed by atoms with E-state index in [0.717, 1.165) is 5.56 Å². The number of halogens is 1. The van der Waals surface area contributed by atoms with Crippen molar-refractivity contribution in [2.24, 2.45) is 0 Å². The molecule has 1 saturated carbocycles. The summed E-state index contributed by atoms with van der Waals surface area (Å²) in [6, 6.07) is 8.33. The molecular weight excluding hydrogens is 236 g/mol. The van der Waals surface area contributed by atoms with Crippen LogP contribution in [0.5, 0.6) is 0 Å². The first-order valence-electron chi connectivity index (χ1n) is 6.17. The Balaban J connectivity index is 1.94. The maximum absolute atomic E-state index is 10.5. The minimum Gasteiger partial charge on any atom is -0.449 e. The highest BCUT2D eigenvalue weighted by molar-refractivity contribution is 6.61. The van der Waals surface area contributed by atoms with Crippen molar-refractivity contribution < 1.29 is 9.53 Å². The SMILES string of the molecule is O=C(Cl)OCc1ccc(C2CCCCC2)cc1. The van der Waals surface area contributed by atoms with Crippen LogP contribution in [-0.4, -0.2) is 5.43 Å². The van der Waals surface area contributed by atoms with Gasteiger partial charge in [0.1, 0.15) is 6.61 Å². The van der Waals surface area contributed by atoms with Crippen LogP contribution in [0.25, 0.3) is 0 Å². The second-order valence-electron chi connectivity index (χ2n) is 4.60. The predicted octanol–water partition coefficient (Wildman–Crippen LogP) is 4.61. The van der Waals surface area contributed by atoms with Gasteiger partial charge in [-0.25, -0.2) is 4.79 Å². The summed E-state index contributed by atoms with van der Waals surface area (Å²) in [6.45, 7) is 0.257. The van der Waals surface area contributed by atoms with Crippen molar-refractivity contribution in [2.45, 2.75) is 44.6 Å². The monoisotopic (exact) mass is 252 g/mol. The molecule has 1 aliphatic carbocycles. The largest absolute Gasteiger partial charge is 0.449 e. The standard InChI is InChI=1S/C14H17ClO2/c15-14(16)17-10-11-6-8-13(9-7-11)12-4-2-1-3-5-12/h6-9,12H,1-5,10H2. The van der Waals surface area contributed by atoms with E-state index in [1.54, 1.807) is 0 Å². The molecule has 0 N–H and O–H groups in total. The van der Waals surface area contributed by atoms with Gasteiger partial charge < -0.3 is 4.74 Å². The van der Waals surface area contributed by atoms with Gasteiger partial charge in [0.2, 0.25) is 0 Å². The Morgan fingerprint density at radius 1 is 1.18 bits per heavy atom. The number of carbonyl (C=O) groups excluding carboxylic acids is 1. The van der Waals surface area contributed by atoms with Crippen LogP contribution in [0, 0.1) is 0 Å². The van der Waals surface area contributed by atoms with Crippen molar-refractivity contribution in [3.05, 3.63) is 35.4 Å². The molecule has 0 aliphatic heterocycles. The molecule has 0 radical (unpaired) electrons. The van der Waals surface area contributed by atoms with E-state index < -0.39 is 5.43 Å². The van der Waals surface area contributed by atoms with Crippen LogP contribution in [0.15, 0.2) is 24.3 Å². The molecule has 3 heteroatoms. The van der Waals surface area contributed by atoms with E-state index in [1.165, 1.54) is 37.7 Å². The van der Waals surface area contributed by atoms with Crippen molar-refractivity contribution in [3.63, 3.8) is 0 Å². The zero-order valence-corrected chi connectivity index (χ0v) is 10.6. The molecular formula is C14H17ClO2. The summed E-state index contributed by atoms with van der Waals surface area (Å²) in [6.07, 6.45) is 6.67. The lowest BCUT2D eigenvalue weighted by molar-refractivity contribution is 0.167. The van der Waals surface area contributed by atoms with Crippen LogP contribution in [0.2, 0.25) is 0 Å². The Bertz CT molecular complexity index is 366. The van der Waals surface area contributed by atoms with Crippen molar-refractivity contribution in [1.82, 2.24) is 0 Å². The van der Waals surface area contributed by atoms with Crippen molar-refractivity contribution in [3.8, 4) is 0 Å². The van der Waals surface area contributed by atoms with Crippen LogP contribution in [-0.2, 0) is 11.3 Å². The van der Waals surface area contributed by atoms with Gasteiger partial charge in [0.25, 0.3) is 0 Å². The maximum Gasteiger partial charge on any atom is 0.404 e. The van der Waals surface area contributed by atoms with Crippen LogP contribution >= 0.6 is 11.6 Å². The van der Waals surface area contributed by atoms with Gasteiger partial charge in [-0.15, -0.1) is 0 Å². The van der Waals surface area contributed by atoms with Crippen LogP contribution in [0.4, 0.5) is 4.79 Å². The molecule has 1 aliphatic rings. The number of rotatable bonds is 3. The number of hydrogen-bond donors (Lipinski definition) is 0. The summed E-state index contributed by atoms with van der Waals surface area (Å²) in [4.78, 5) is 10.5. The Hall–Kier alpha value is -1.02. The van der Waals surface area contributed by atoms with Crippen LogP contribution in [0.1, 0.15) is 49.1 Å². The Labute approximate surface area is 107 Å². The summed E-state index contributed by atoms with van der Waals surface area (Å²) in [5.74, 6) is 0.716. The van der Waals surface area contributed by atoms with E-state index in [0.29, 0.717) is 5.92 Å². The second-order valence-corrected chi connectivity index (χ2v) is 4.91. The van der Waals surface area contributed by atoms with E-state index in [1.807, 2.05) is 12.1 Å². The Morgan fingerprint density at radius 3 is 2.41 bits per heavy atom. The van der Waals surface area contributed by atoms with Gasteiger partial charge in [-0.3, -0.25) is 0 Å². The number of carbonyl (C=O) groups is 1. The summed E-state index contributed by atoms with van der Waals surface area (Å²) < 4.78 is 4.74. The lowest BCUT2D eigenvalue weighted by Gasteiger charge is -2.22. The van der Waals surface area contributed by atoms with E-state index in [4.69, 9.17) is 16.3 Å². The minimum absolute atomic E-state index is 0.257. The first kappa shape index (κ1) is 12.4. The Morgan fingerprint density at radius 2 is 1.82 bits per heavy atom. The molecule has 1 aromatic carbocycles. The third-order valence-corrected chi connectivity index (χ3v) is 3.52. The third-order valence-electron chi connectivity index (χ3n) is 3.41. The highest BCUT2D eigenvalue weighted by Gasteiger charge is 2.15. The molecule has 0 saturated heterocycles. The molecule has 1 aromatic rings. The average molecular weight is 253 g/mol. The van der Waals surface area contributed by atoms with Gasteiger partial charge in [0.05, 0.1) is 0 Å². The fraction of sp³-hybridized carbons (Fsp3) is 0.500. The fourth-order valence-electron chi connectivity index (χ4n) is 2.46. The molecule has 0 aromatic heterocycles. The van der Waals surface area contributed by atoms with E-state index >= 15 is 0 Å². The first-order chi connectivity index (χ1) is 8.25. The highest BCUT2D eigenvalue weighted by Crippen LogP contribution is 2.32. The van der Waals surface area contributed by atoms with Gasteiger partial charge in [0, 0.05) is 11.6 Å². The summed E-state index contributed by atoms with van der Waals surface area (Å²) in [5, 5.41) is 0. The smallest absolute Gasteiger partial charge is 0.404 e. The molecule has 0 unspecified atom stereocenters. The van der Waals surface area contributed by atoms with Gasteiger partial charge in [-0.05, 0) is 29.9 Å². The zero-order valence-electron chi connectivity index (χ0n) is 9.82. The normalized spacial score (nSPS) is 16.8. The van der Waals surface area contributed by atoms with E-state index in [9.17, 15) is 4.79 Å². The minimum atomic E-state index is -0.749. The van der Waals surface area contributed by atoms with Gasteiger partial charge >= 0.3 is 5.43 Å². The quantitative estimate of drug-likeness (QED) is 0.735. The van der Waals surface area contributed by atoms with Gasteiger partial charge in [0.15, 0.2) is 0 Å². The highest BCUT2D eigenvalue weighted by atomic mass is 35.5. The van der Waals surface area contributed by atoms with Crippen molar-refractivity contribution in [1.29, 1.82) is 0 Å². The molecule has 17 heavy (non-hydrogen) atoms. The van der Waals surface area contributed by atoms with Crippen molar-refractivity contribution in [2.75, 3.05) is 0 Å². The fourth-order valence-corrected chi connectivity index (χ4v) is 2.52. The molecule has 92 valence electrons. The molecule has 1 fully saturated rings. The number of hydrogen-bond acceptors (Lipinski definition) is 2. The summed E-state index contributed by atoms with van der Waals surface area (Å²) in [5.41, 5.74) is 1.64. The average Bonchev–Trinajstić information content (AvgIpc) is 2.38. The van der Waals surface area contributed by atoms with Crippen LogP contribution in [0.3, 0.4) is 0 Å². The summed E-state index contributed by atoms with van der Waals surface area (Å²) >= 11 is 5.12. The third kappa shape index (κ3) is 3.74. The lowest BCUT2D eigenvalue weighted by Crippen LogP contribution is -2.04. The summed E-state index contributed by atoms with van der Waals surface area (Å²) in [7, 11) is 0. The number of ether oxygens (including phenoxy) is 1. The number of benzene rings is 1. The molecule has 0 heterocycles. The molecule has 0 atom stereocenters. The molecule has 0 spiro atoms. The topological polar surface area (TPSA) is 26.3 Å². The first-order valence-corrected chi connectivity index (χ1v) is 6.54.